The van der Waals surface area contributed by atoms with Crippen molar-refractivity contribution in [2.24, 2.45) is 0 Å². The van der Waals surface area contributed by atoms with Gasteiger partial charge in [0.05, 0.1) is 29.8 Å². The second kappa shape index (κ2) is 6.93. The first-order valence-corrected chi connectivity index (χ1v) is 8.44. The molecule has 8 heteroatoms. The number of carbonyl (C=O) groups is 3. The second-order valence-electron chi connectivity index (χ2n) is 4.92. The fourth-order valence-electron chi connectivity index (χ4n) is 1.92. The number of Topliss-reactive ketones (excluding diaryl/α,β-unsaturated/α-hetero) is 1. The standard InChI is InChI=1S/C8H7NO2S.C7H9NO2S/c1-4-3-12-8-5(10)2-6(11)9-7(4)8;1-4-3-11-6(5(4)8)7(9)10-2/h3H,2H2,1H3,(H,9,11);3H,8H2,1-2H3. The van der Waals surface area contributed by atoms with Gasteiger partial charge in [-0.25, -0.2) is 4.79 Å². The molecule has 1 amide bonds. The van der Waals surface area contributed by atoms with Crippen LogP contribution in [0.1, 0.15) is 36.9 Å². The topological polar surface area (TPSA) is 98.5 Å². The van der Waals surface area contributed by atoms with Crippen LogP contribution in [0.2, 0.25) is 0 Å². The summed E-state index contributed by atoms with van der Waals surface area (Å²) >= 11 is 2.71. The summed E-state index contributed by atoms with van der Waals surface area (Å²) in [7, 11) is 1.34. The Morgan fingerprint density at radius 1 is 1.22 bits per heavy atom. The van der Waals surface area contributed by atoms with Crippen LogP contribution in [0.5, 0.6) is 0 Å². The number of nitrogen functional groups attached to an aromatic ring is 1. The third-order valence-corrected chi connectivity index (χ3v) is 5.44. The molecule has 0 spiro atoms. The van der Waals surface area contributed by atoms with Crippen molar-refractivity contribution in [3.63, 3.8) is 0 Å². The van der Waals surface area contributed by atoms with Crippen molar-refractivity contribution >= 4 is 51.7 Å². The van der Waals surface area contributed by atoms with E-state index in [0.29, 0.717) is 21.1 Å². The smallest absolute Gasteiger partial charge is 0.350 e. The molecule has 0 atom stereocenters. The van der Waals surface area contributed by atoms with Gasteiger partial charge in [-0.1, -0.05) is 0 Å². The summed E-state index contributed by atoms with van der Waals surface area (Å²) in [6.07, 6.45) is -0.00699. The number of ketones is 1. The number of rotatable bonds is 1. The van der Waals surface area contributed by atoms with Crippen molar-refractivity contribution in [2.45, 2.75) is 20.3 Å². The Morgan fingerprint density at radius 2 is 1.87 bits per heavy atom. The number of ether oxygens (including phenoxy) is 1. The fourth-order valence-corrected chi connectivity index (χ4v) is 3.75. The lowest BCUT2D eigenvalue weighted by Crippen LogP contribution is -2.22. The molecular formula is C15H16N2O4S2. The van der Waals surface area contributed by atoms with Gasteiger partial charge in [0.1, 0.15) is 4.88 Å². The highest BCUT2D eigenvalue weighted by molar-refractivity contribution is 7.13. The Morgan fingerprint density at radius 3 is 2.43 bits per heavy atom. The average molecular weight is 352 g/mol. The summed E-state index contributed by atoms with van der Waals surface area (Å²) in [5, 5.41) is 6.41. The van der Waals surface area contributed by atoms with Gasteiger partial charge in [-0.3, -0.25) is 9.59 Å². The minimum atomic E-state index is -0.361. The molecule has 3 N–H and O–H groups in total. The lowest BCUT2D eigenvalue weighted by molar-refractivity contribution is -0.115. The van der Waals surface area contributed by atoms with E-state index < -0.39 is 0 Å². The van der Waals surface area contributed by atoms with Crippen LogP contribution in [0.4, 0.5) is 11.4 Å². The number of hydrogen-bond donors (Lipinski definition) is 2. The molecule has 0 bridgehead atoms. The number of aryl methyl sites for hydroxylation is 2. The fraction of sp³-hybridized carbons (Fsp3) is 0.267. The van der Waals surface area contributed by atoms with E-state index >= 15 is 0 Å². The van der Waals surface area contributed by atoms with Crippen molar-refractivity contribution in [3.8, 4) is 0 Å². The van der Waals surface area contributed by atoms with Crippen molar-refractivity contribution in [1.82, 2.24) is 0 Å². The number of methoxy groups -OCH3 is 1. The number of amides is 1. The summed E-state index contributed by atoms with van der Waals surface area (Å²) in [6, 6.07) is 0. The number of thiophene rings is 2. The van der Waals surface area contributed by atoms with Gasteiger partial charge in [0.2, 0.25) is 5.91 Å². The molecule has 0 saturated carbocycles. The molecule has 0 aromatic carbocycles. The van der Waals surface area contributed by atoms with Crippen LogP contribution in [-0.4, -0.2) is 24.8 Å². The van der Waals surface area contributed by atoms with Gasteiger partial charge in [-0.2, -0.15) is 0 Å². The second-order valence-corrected chi connectivity index (χ2v) is 6.68. The lowest BCUT2D eigenvalue weighted by Gasteiger charge is -2.11. The zero-order chi connectivity index (χ0) is 17.1. The van der Waals surface area contributed by atoms with Crippen LogP contribution in [0.15, 0.2) is 10.8 Å². The van der Waals surface area contributed by atoms with Crippen LogP contribution in [0.25, 0.3) is 0 Å². The Bertz CT molecular complexity index is 777. The molecule has 0 unspecified atom stereocenters. The van der Waals surface area contributed by atoms with E-state index in [-0.39, 0.29) is 24.1 Å². The maximum Gasteiger partial charge on any atom is 0.350 e. The van der Waals surface area contributed by atoms with E-state index in [9.17, 15) is 14.4 Å². The first-order chi connectivity index (χ1) is 10.8. The van der Waals surface area contributed by atoms with Crippen LogP contribution in [0, 0.1) is 13.8 Å². The van der Waals surface area contributed by atoms with Gasteiger partial charge >= 0.3 is 5.97 Å². The molecule has 0 radical (unpaired) electrons. The average Bonchev–Trinajstić information content (AvgIpc) is 3.04. The maximum atomic E-state index is 11.3. The summed E-state index contributed by atoms with van der Waals surface area (Å²) in [4.78, 5) is 34.4. The van der Waals surface area contributed by atoms with Crippen molar-refractivity contribution in [1.29, 1.82) is 0 Å². The van der Waals surface area contributed by atoms with Gasteiger partial charge in [-0.05, 0) is 35.7 Å². The molecule has 2 aromatic heterocycles. The molecule has 3 heterocycles. The number of esters is 1. The highest BCUT2D eigenvalue weighted by Gasteiger charge is 2.25. The molecule has 0 saturated heterocycles. The van der Waals surface area contributed by atoms with Crippen molar-refractivity contribution in [3.05, 3.63) is 31.6 Å². The third-order valence-electron chi connectivity index (χ3n) is 3.21. The summed E-state index contributed by atoms with van der Waals surface area (Å²) < 4.78 is 4.52. The number of carbonyl (C=O) groups excluding carboxylic acids is 3. The largest absolute Gasteiger partial charge is 0.465 e. The highest BCUT2D eigenvalue weighted by Crippen LogP contribution is 2.31. The normalized spacial score (nSPS) is 12.8. The van der Waals surface area contributed by atoms with Gasteiger partial charge in [0, 0.05) is 0 Å². The van der Waals surface area contributed by atoms with E-state index in [1.807, 2.05) is 24.6 Å². The Hall–Kier alpha value is -2.19. The Balaban J connectivity index is 0.000000168. The van der Waals surface area contributed by atoms with E-state index in [2.05, 4.69) is 10.1 Å². The van der Waals surface area contributed by atoms with Crippen molar-refractivity contribution in [2.75, 3.05) is 18.2 Å². The first-order valence-electron chi connectivity index (χ1n) is 6.68. The number of nitrogens with one attached hydrogen (secondary N) is 1. The summed E-state index contributed by atoms with van der Waals surface area (Å²) in [6.45, 7) is 3.74. The highest BCUT2D eigenvalue weighted by atomic mass is 32.1. The van der Waals surface area contributed by atoms with E-state index in [1.54, 1.807) is 0 Å². The minimum Gasteiger partial charge on any atom is -0.465 e. The summed E-state index contributed by atoms with van der Waals surface area (Å²) in [5.41, 5.74) is 8.72. The summed E-state index contributed by atoms with van der Waals surface area (Å²) in [5.74, 6) is -0.624. The Labute approximate surface area is 141 Å². The Kier molecular flexibility index (Phi) is 5.17. The van der Waals surface area contributed by atoms with E-state index in [1.165, 1.54) is 29.8 Å². The molecule has 2 aromatic rings. The molecule has 3 rings (SSSR count). The quantitative estimate of drug-likeness (QED) is 0.607. The zero-order valence-electron chi connectivity index (χ0n) is 12.9. The molecule has 0 fully saturated rings. The van der Waals surface area contributed by atoms with Gasteiger partial charge < -0.3 is 15.8 Å². The molecule has 23 heavy (non-hydrogen) atoms. The minimum absolute atomic E-state index is 0.00699. The maximum absolute atomic E-state index is 11.3. The van der Waals surface area contributed by atoms with E-state index in [4.69, 9.17) is 5.73 Å². The van der Waals surface area contributed by atoms with Gasteiger partial charge in [-0.15, -0.1) is 22.7 Å². The van der Waals surface area contributed by atoms with Crippen LogP contribution in [-0.2, 0) is 9.53 Å². The molecule has 1 aliphatic heterocycles. The van der Waals surface area contributed by atoms with Gasteiger partial charge in [0.25, 0.3) is 0 Å². The number of hydrogen-bond acceptors (Lipinski definition) is 7. The predicted molar refractivity (Wildman–Crippen MR) is 91.4 cm³/mol. The van der Waals surface area contributed by atoms with Crippen LogP contribution < -0.4 is 11.1 Å². The monoisotopic (exact) mass is 352 g/mol. The molecule has 6 nitrogen and oxygen atoms in total. The number of fused-ring (bicyclic) bond motifs is 1. The SMILES string of the molecule is COC(=O)c1scc(C)c1N.Cc1csc2c1NC(=O)CC2=O. The molecular weight excluding hydrogens is 336 g/mol. The molecule has 1 aliphatic rings. The molecule has 0 aliphatic carbocycles. The third kappa shape index (κ3) is 3.59. The molecule has 122 valence electrons. The van der Waals surface area contributed by atoms with Crippen LogP contribution >= 0.6 is 22.7 Å². The van der Waals surface area contributed by atoms with Gasteiger partial charge in [0.15, 0.2) is 5.78 Å². The zero-order valence-corrected chi connectivity index (χ0v) is 14.5. The van der Waals surface area contributed by atoms with Crippen molar-refractivity contribution < 1.29 is 19.1 Å². The van der Waals surface area contributed by atoms with E-state index in [0.717, 1.165) is 11.1 Å². The first kappa shape index (κ1) is 17.2. The number of anilines is 2. The number of nitrogens with two attached hydrogens (primary N) is 1. The lowest BCUT2D eigenvalue weighted by atomic mass is 10.1. The van der Waals surface area contributed by atoms with Crippen LogP contribution in [0.3, 0.4) is 0 Å². The predicted octanol–water partition coefficient (Wildman–Crippen LogP) is 3.01.